The lowest BCUT2D eigenvalue weighted by molar-refractivity contribution is 0.416. The Morgan fingerprint density at radius 1 is 1.48 bits per heavy atom. The van der Waals surface area contributed by atoms with Gasteiger partial charge in [0.05, 0.1) is 30.8 Å². The van der Waals surface area contributed by atoms with Gasteiger partial charge in [0.15, 0.2) is 5.03 Å². The van der Waals surface area contributed by atoms with E-state index in [1.165, 1.54) is 37.8 Å². The molecular weight excluding hydrogens is 292 g/mol. The Morgan fingerprint density at radius 3 is 2.81 bits per heavy atom. The van der Waals surface area contributed by atoms with Crippen molar-refractivity contribution in [2.75, 3.05) is 11.8 Å². The normalized spacial score (nSPS) is 10.9. The maximum atomic E-state index is 12.2. The summed E-state index contributed by atoms with van der Waals surface area (Å²) in [6.45, 7) is 2.51. The van der Waals surface area contributed by atoms with Crippen LogP contribution < -0.4 is 9.46 Å². The molecule has 0 spiro atoms. The van der Waals surface area contributed by atoms with Gasteiger partial charge >= 0.3 is 0 Å². The van der Waals surface area contributed by atoms with E-state index in [2.05, 4.69) is 9.71 Å². The number of hydrogen-bond acceptors (Lipinski definition) is 5. The summed E-state index contributed by atoms with van der Waals surface area (Å²) in [7, 11) is -2.40. The first kappa shape index (κ1) is 14.9. The molecule has 0 amide bonds. The molecule has 2 rings (SSSR count). The molecule has 2 aromatic rings. The maximum Gasteiger partial charge on any atom is 0.281 e. The molecule has 0 unspecified atom stereocenters. The first-order valence-electron chi connectivity index (χ1n) is 6.13. The molecule has 0 atom stereocenters. The Morgan fingerprint density at radius 2 is 2.24 bits per heavy atom. The van der Waals surface area contributed by atoms with Crippen LogP contribution in [0.1, 0.15) is 12.5 Å². The van der Waals surface area contributed by atoms with Crippen molar-refractivity contribution >= 4 is 15.7 Å². The minimum Gasteiger partial charge on any atom is -0.495 e. The number of anilines is 1. The van der Waals surface area contributed by atoms with E-state index >= 15 is 0 Å². The van der Waals surface area contributed by atoms with Crippen LogP contribution in [-0.2, 0) is 16.6 Å². The van der Waals surface area contributed by atoms with Gasteiger partial charge in [-0.15, -0.1) is 0 Å². The molecule has 0 fully saturated rings. The van der Waals surface area contributed by atoms with E-state index in [1.807, 2.05) is 13.0 Å². The van der Waals surface area contributed by atoms with Crippen LogP contribution in [0.3, 0.4) is 0 Å². The summed E-state index contributed by atoms with van der Waals surface area (Å²) in [6.07, 6.45) is 2.89. The number of nitrogens with one attached hydrogen (secondary N) is 1. The van der Waals surface area contributed by atoms with Crippen molar-refractivity contribution in [1.82, 2.24) is 9.55 Å². The molecule has 1 heterocycles. The van der Waals surface area contributed by atoms with Crippen LogP contribution in [0.4, 0.5) is 5.69 Å². The van der Waals surface area contributed by atoms with E-state index < -0.39 is 10.0 Å². The number of sulfonamides is 1. The van der Waals surface area contributed by atoms with E-state index in [0.717, 1.165) is 0 Å². The second kappa shape index (κ2) is 5.85. The van der Waals surface area contributed by atoms with Crippen LogP contribution in [0.15, 0.2) is 35.7 Å². The zero-order valence-corrected chi connectivity index (χ0v) is 12.4. The van der Waals surface area contributed by atoms with Crippen molar-refractivity contribution < 1.29 is 13.2 Å². The summed E-state index contributed by atoms with van der Waals surface area (Å²) in [5, 5.41) is 8.76. The Hall–Kier alpha value is -2.53. The standard InChI is InChI=1S/C13H14N4O3S/c1-3-17-8-13(15-9-17)21(18,19)16-11-5-4-10(7-14)6-12(11)20-2/h4-6,8-9,16H,3H2,1-2H3. The molecule has 8 heteroatoms. The second-order valence-electron chi connectivity index (χ2n) is 4.17. The Bertz CT molecular complexity index is 790. The third kappa shape index (κ3) is 3.14. The van der Waals surface area contributed by atoms with Crippen molar-refractivity contribution in [3.8, 4) is 11.8 Å². The third-order valence-electron chi connectivity index (χ3n) is 2.82. The minimum atomic E-state index is -3.80. The zero-order chi connectivity index (χ0) is 15.5. The van der Waals surface area contributed by atoms with Crippen LogP contribution in [-0.4, -0.2) is 25.1 Å². The van der Waals surface area contributed by atoms with Gasteiger partial charge in [-0.1, -0.05) is 0 Å². The van der Waals surface area contributed by atoms with Crippen LogP contribution in [0.25, 0.3) is 0 Å². The number of nitriles is 1. The molecule has 0 aliphatic heterocycles. The number of aryl methyl sites for hydroxylation is 1. The van der Waals surface area contributed by atoms with Crippen LogP contribution >= 0.6 is 0 Å². The highest BCUT2D eigenvalue weighted by Crippen LogP contribution is 2.27. The number of ether oxygens (including phenoxy) is 1. The largest absolute Gasteiger partial charge is 0.495 e. The van der Waals surface area contributed by atoms with Crippen molar-refractivity contribution in [2.24, 2.45) is 0 Å². The lowest BCUT2D eigenvalue weighted by Crippen LogP contribution is -2.14. The SMILES string of the molecule is CCn1cnc(S(=O)(=O)Nc2ccc(C#N)cc2OC)c1. The van der Waals surface area contributed by atoms with Gasteiger partial charge in [0.2, 0.25) is 0 Å². The van der Waals surface area contributed by atoms with Crippen LogP contribution in [0, 0.1) is 11.3 Å². The van der Waals surface area contributed by atoms with Gasteiger partial charge in [0, 0.05) is 18.8 Å². The predicted molar refractivity (Wildman–Crippen MR) is 76.4 cm³/mol. The molecule has 1 N–H and O–H groups in total. The number of rotatable bonds is 5. The van der Waals surface area contributed by atoms with Gasteiger partial charge in [-0.2, -0.15) is 13.7 Å². The quantitative estimate of drug-likeness (QED) is 0.904. The first-order chi connectivity index (χ1) is 10.00. The lowest BCUT2D eigenvalue weighted by atomic mass is 10.2. The first-order valence-corrected chi connectivity index (χ1v) is 7.61. The predicted octanol–water partition coefficient (Wildman–Crippen LogP) is 1.58. The number of aromatic nitrogens is 2. The molecular formula is C13H14N4O3S. The monoisotopic (exact) mass is 306 g/mol. The number of benzene rings is 1. The second-order valence-corrected chi connectivity index (χ2v) is 5.80. The molecule has 0 bridgehead atoms. The molecule has 1 aromatic heterocycles. The van der Waals surface area contributed by atoms with Gasteiger partial charge in [0.25, 0.3) is 10.0 Å². The molecule has 0 saturated carbocycles. The highest BCUT2D eigenvalue weighted by atomic mass is 32.2. The highest BCUT2D eigenvalue weighted by molar-refractivity contribution is 7.92. The van der Waals surface area contributed by atoms with E-state index in [4.69, 9.17) is 10.00 Å². The van der Waals surface area contributed by atoms with E-state index in [-0.39, 0.29) is 16.5 Å². The van der Waals surface area contributed by atoms with Crippen LogP contribution in [0.2, 0.25) is 0 Å². The lowest BCUT2D eigenvalue weighted by Gasteiger charge is -2.10. The fourth-order valence-electron chi connectivity index (χ4n) is 1.69. The Kier molecular flexibility index (Phi) is 4.14. The van der Waals surface area contributed by atoms with E-state index in [0.29, 0.717) is 12.1 Å². The van der Waals surface area contributed by atoms with Gasteiger partial charge in [-0.25, -0.2) is 4.98 Å². The molecule has 110 valence electrons. The van der Waals surface area contributed by atoms with Crippen molar-refractivity contribution in [3.05, 3.63) is 36.3 Å². The minimum absolute atomic E-state index is 0.0734. The molecule has 0 radical (unpaired) electrons. The fraction of sp³-hybridized carbons (Fsp3) is 0.231. The van der Waals surface area contributed by atoms with Crippen LogP contribution in [0.5, 0.6) is 5.75 Å². The van der Waals surface area contributed by atoms with Gasteiger partial charge < -0.3 is 9.30 Å². The summed E-state index contributed by atoms with van der Waals surface area (Å²) in [5.41, 5.74) is 0.632. The molecule has 7 nitrogen and oxygen atoms in total. The maximum absolute atomic E-state index is 12.2. The molecule has 21 heavy (non-hydrogen) atoms. The number of imidazole rings is 1. The summed E-state index contributed by atoms with van der Waals surface area (Å²) in [6, 6.07) is 6.41. The van der Waals surface area contributed by atoms with E-state index in [9.17, 15) is 8.42 Å². The number of nitrogens with zero attached hydrogens (tertiary/aromatic N) is 3. The number of methoxy groups -OCH3 is 1. The summed E-state index contributed by atoms with van der Waals surface area (Å²) in [5.74, 6) is 0.271. The van der Waals surface area contributed by atoms with E-state index in [1.54, 1.807) is 4.57 Å². The van der Waals surface area contributed by atoms with Crippen molar-refractivity contribution in [1.29, 1.82) is 5.26 Å². The van der Waals surface area contributed by atoms with Gasteiger partial charge in [0.1, 0.15) is 5.75 Å². The Balaban J connectivity index is 2.34. The third-order valence-corrected chi connectivity index (χ3v) is 4.08. The average Bonchev–Trinajstić information content (AvgIpc) is 2.97. The fourth-order valence-corrected chi connectivity index (χ4v) is 2.72. The molecule has 1 aromatic carbocycles. The summed E-state index contributed by atoms with van der Waals surface area (Å²) in [4.78, 5) is 3.86. The zero-order valence-electron chi connectivity index (χ0n) is 11.6. The molecule has 0 aliphatic rings. The topological polar surface area (TPSA) is 97.0 Å². The van der Waals surface area contributed by atoms with Crippen molar-refractivity contribution in [3.63, 3.8) is 0 Å². The average molecular weight is 306 g/mol. The molecule has 0 saturated heterocycles. The highest BCUT2D eigenvalue weighted by Gasteiger charge is 2.19. The smallest absolute Gasteiger partial charge is 0.281 e. The van der Waals surface area contributed by atoms with Crippen molar-refractivity contribution in [2.45, 2.75) is 18.5 Å². The summed E-state index contributed by atoms with van der Waals surface area (Å²) >= 11 is 0. The van der Waals surface area contributed by atoms with Gasteiger partial charge in [-0.3, -0.25) is 4.72 Å². The van der Waals surface area contributed by atoms with Gasteiger partial charge in [-0.05, 0) is 19.1 Å². The molecule has 0 aliphatic carbocycles. The number of hydrogen-bond donors (Lipinski definition) is 1. The Labute approximate surface area is 122 Å². The summed E-state index contributed by atoms with van der Waals surface area (Å²) < 4.78 is 33.6.